The molecule has 2 N–H and O–H groups in total. The second-order valence-corrected chi connectivity index (χ2v) is 9.44. The highest BCUT2D eigenvalue weighted by atomic mass is 16.5. The molecule has 3 heterocycles. The molecular weight excluding hydrogens is 478 g/mol. The van der Waals surface area contributed by atoms with Crippen LogP contribution in [0.2, 0.25) is 0 Å². The van der Waals surface area contributed by atoms with E-state index < -0.39 is 0 Å². The Hall–Kier alpha value is -4.30. The molecule has 8 heteroatoms. The van der Waals surface area contributed by atoms with Crippen molar-refractivity contribution in [3.63, 3.8) is 0 Å². The van der Waals surface area contributed by atoms with Crippen LogP contribution < -0.4 is 19.7 Å². The third-order valence-electron chi connectivity index (χ3n) is 6.96. The molecular formula is C30H33N5O3. The molecule has 1 amide bonds. The Labute approximate surface area is 222 Å². The van der Waals surface area contributed by atoms with Gasteiger partial charge in [-0.1, -0.05) is 18.2 Å². The average molecular weight is 512 g/mol. The van der Waals surface area contributed by atoms with E-state index >= 15 is 0 Å². The van der Waals surface area contributed by atoms with Crippen LogP contribution in [0.4, 0.5) is 5.69 Å². The maximum Gasteiger partial charge on any atom is 0.244 e. The number of hydrogen-bond donors (Lipinski definition) is 2. The van der Waals surface area contributed by atoms with Crippen molar-refractivity contribution in [3.8, 4) is 22.6 Å². The number of hydrogen-bond acceptors (Lipinski definition) is 6. The van der Waals surface area contributed by atoms with Crippen LogP contribution in [0, 0.1) is 0 Å². The van der Waals surface area contributed by atoms with Gasteiger partial charge in [0.2, 0.25) is 5.91 Å². The summed E-state index contributed by atoms with van der Waals surface area (Å²) in [4.78, 5) is 25.1. The summed E-state index contributed by atoms with van der Waals surface area (Å²) in [5, 5.41) is 3.88. The first-order valence-electron chi connectivity index (χ1n) is 12.7. The van der Waals surface area contributed by atoms with E-state index in [9.17, 15) is 4.79 Å². The van der Waals surface area contributed by atoms with E-state index in [-0.39, 0.29) is 5.91 Å². The highest BCUT2D eigenvalue weighted by Gasteiger charge is 2.14. The van der Waals surface area contributed by atoms with Crippen molar-refractivity contribution in [1.82, 2.24) is 20.2 Å². The minimum absolute atomic E-state index is 0.183. The van der Waals surface area contributed by atoms with Crippen LogP contribution in [0.5, 0.6) is 11.5 Å². The van der Waals surface area contributed by atoms with E-state index in [1.807, 2.05) is 36.7 Å². The molecule has 4 aromatic rings. The largest absolute Gasteiger partial charge is 0.493 e. The number of rotatable bonds is 8. The van der Waals surface area contributed by atoms with Gasteiger partial charge in [0.25, 0.3) is 0 Å². The number of likely N-dealkylation sites (N-methyl/N-ethyl adjacent to an activating group) is 1. The fourth-order valence-corrected chi connectivity index (χ4v) is 4.65. The van der Waals surface area contributed by atoms with Gasteiger partial charge in [0.05, 0.1) is 14.2 Å². The predicted molar refractivity (Wildman–Crippen MR) is 152 cm³/mol. The molecule has 5 rings (SSSR count). The molecule has 0 spiro atoms. The van der Waals surface area contributed by atoms with Crippen molar-refractivity contribution >= 4 is 28.7 Å². The number of piperazine rings is 1. The van der Waals surface area contributed by atoms with Crippen molar-refractivity contribution < 1.29 is 14.3 Å². The summed E-state index contributed by atoms with van der Waals surface area (Å²) in [6, 6.07) is 16.4. The number of nitrogens with zero attached hydrogens (tertiary/aromatic N) is 3. The lowest BCUT2D eigenvalue weighted by Gasteiger charge is -2.34. The lowest BCUT2D eigenvalue weighted by molar-refractivity contribution is -0.116. The molecule has 2 aromatic carbocycles. The Morgan fingerprint density at radius 3 is 2.50 bits per heavy atom. The normalized spacial score (nSPS) is 14.2. The number of anilines is 1. The Balaban J connectivity index is 1.26. The standard InChI is InChI=1S/C30H33N5O3/c1-34-12-14-35(15-13-34)25-8-5-22(6-9-25)24-17-26-23(19-32-30(26)33-20-24)7-11-29(36)31-18-21-4-10-27(37-2)28(16-21)38-3/h4-11,16-17,19-20H,12-15,18H2,1-3H3,(H,31,36)(H,32,33)/b11-7+. The minimum atomic E-state index is -0.183. The molecule has 1 fully saturated rings. The number of benzene rings is 2. The van der Waals surface area contributed by atoms with E-state index in [2.05, 4.69) is 62.5 Å². The summed E-state index contributed by atoms with van der Waals surface area (Å²) in [6.45, 7) is 4.64. The lowest BCUT2D eigenvalue weighted by Crippen LogP contribution is -2.44. The Morgan fingerprint density at radius 2 is 1.76 bits per heavy atom. The van der Waals surface area contributed by atoms with Crippen LogP contribution in [0.15, 0.2) is 67.0 Å². The highest BCUT2D eigenvalue weighted by Crippen LogP contribution is 2.28. The number of methoxy groups -OCH3 is 2. The summed E-state index contributed by atoms with van der Waals surface area (Å²) in [5.41, 5.74) is 6.01. The fraction of sp³-hybridized carbons (Fsp3) is 0.267. The number of aromatic nitrogens is 2. The first kappa shape index (κ1) is 25.4. The zero-order chi connectivity index (χ0) is 26.5. The Morgan fingerprint density at radius 1 is 1.00 bits per heavy atom. The zero-order valence-corrected chi connectivity index (χ0v) is 22.0. The smallest absolute Gasteiger partial charge is 0.244 e. The number of amides is 1. The number of pyridine rings is 1. The molecule has 38 heavy (non-hydrogen) atoms. The molecule has 1 aliphatic heterocycles. The molecule has 0 atom stereocenters. The number of ether oxygens (including phenoxy) is 2. The van der Waals surface area contributed by atoms with E-state index in [0.29, 0.717) is 18.0 Å². The third-order valence-corrected chi connectivity index (χ3v) is 6.96. The number of carbonyl (C=O) groups is 1. The molecule has 0 aliphatic carbocycles. The summed E-state index contributed by atoms with van der Waals surface area (Å²) in [7, 11) is 5.35. The van der Waals surface area contributed by atoms with Gasteiger partial charge in [-0.3, -0.25) is 4.79 Å². The molecule has 1 saturated heterocycles. The van der Waals surface area contributed by atoms with Crippen LogP contribution in [0.1, 0.15) is 11.1 Å². The summed E-state index contributed by atoms with van der Waals surface area (Å²) < 4.78 is 10.6. The summed E-state index contributed by atoms with van der Waals surface area (Å²) in [5.74, 6) is 1.10. The monoisotopic (exact) mass is 511 g/mol. The van der Waals surface area contributed by atoms with E-state index in [4.69, 9.17) is 9.47 Å². The SMILES string of the molecule is COc1ccc(CNC(=O)/C=C/c2c[nH]c3ncc(-c4ccc(N5CCN(C)CC5)cc4)cc23)cc1OC. The zero-order valence-electron chi connectivity index (χ0n) is 22.0. The van der Waals surface area contributed by atoms with E-state index in [1.165, 1.54) is 5.69 Å². The molecule has 196 valence electrons. The molecule has 2 aromatic heterocycles. The van der Waals surface area contributed by atoms with Gasteiger partial charge in [-0.25, -0.2) is 4.98 Å². The molecule has 0 radical (unpaired) electrons. The summed E-state index contributed by atoms with van der Waals surface area (Å²) in [6.07, 6.45) is 7.11. The van der Waals surface area contributed by atoms with Crippen molar-refractivity contribution in [1.29, 1.82) is 0 Å². The quantitative estimate of drug-likeness (QED) is 0.343. The number of aromatic amines is 1. The second kappa shape index (κ2) is 11.4. The number of carbonyl (C=O) groups excluding carboxylic acids is 1. The lowest BCUT2D eigenvalue weighted by atomic mass is 10.0. The first-order chi connectivity index (χ1) is 18.5. The van der Waals surface area contributed by atoms with Gasteiger partial charge in [0, 0.05) is 73.4 Å². The van der Waals surface area contributed by atoms with Crippen LogP contribution >= 0.6 is 0 Å². The fourth-order valence-electron chi connectivity index (χ4n) is 4.65. The Kier molecular flexibility index (Phi) is 7.60. The highest BCUT2D eigenvalue weighted by molar-refractivity contribution is 5.96. The van der Waals surface area contributed by atoms with Gasteiger partial charge in [0.1, 0.15) is 5.65 Å². The van der Waals surface area contributed by atoms with Crippen LogP contribution in [0.3, 0.4) is 0 Å². The van der Waals surface area contributed by atoms with E-state index in [1.54, 1.807) is 20.3 Å². The summed E-state index contributed by atoms with van der Waals surface area (Å²) >= 11 is 0. The van der Waals surface area contributed by atoms with Crippen molar-refractivity contribution in [2.75, 3.05) is 52.3 Å². The maximum atomic E-state index is 12.5. The van der Waals surface area contributed by atoms with Gasteiger partial charge in [0.15, 0.2) is 11.5 Å². The van der Waals surface area contributed by atoms with Crippen molar-refractivity contribution in [2.24, 2.45) is 0 Å². The Bertz CT molecular complexity index is 1440. The van der Waals surface area contributed by atoms with Crippen molar-refractivity contribution in [2.45, 2.75) is 6.54 Å². The average Bonchev–Trinajstić information content (AvgIpc) is 3.37. The van der Waals surface area contributed by atoms with Gasteiger partial charge in [-0.15, -0.1) is 0 Å². The number of fused-ring (bicyclic) bond motifs is 1. The molecule has 0 saturated carbocycles. The topological polar surface area (TPSA) is 82.7 Å². The molecule has 0 unspecified atom stereocenters. The number of H-pyrrole nitrogens is 1. The van der Waals surface area contributed by atoms with Gasteiger partial charge in [-0.05, 0) is 54.6 Å². The molecule has 1 aliphatic rings. The maximum absolute atomic E-state index is 12.5. The third kappa shape index (κ3) is 5.65. The van der Waals surface area contributed by atoms with Crippen LogP contribution in [-0.2, 0) is 11.3 Å². The molecule has 8 nitrogen and oxygen atoms in total. The second-order valence-electron chi connectivity index (χ2n) is 9.44. The molecule has 0 bridgehead atoms. The minimum Gasteiger partial charge on any atom is -0.493 e. The predicted octanol–water partition coefficient (Wildman–Crippen LogP) is 4.33. The van der Waals surface area contributed by atoms with Crippen LogP contribution in [-0.4, -0.2) is 68.2 Å². The van der Waals surface area contributed by atoms with E-state index in [0.717, 1.165) is 59.5 Å². The number of nitrogens with one attached hydrogen (secondary N) is 2. The van der Waals surface area contributed by atoms with Gasteiger partial charge >= 0.3 is 0 Å². The van der Waals surface area contributed by atoms with Gasteiger partial charge < -0.3 is 29.6 Å². The van der Waals surface area contributed by atoms with Crippen molar-refractivity contribution in [3.05, 3.63) is 78.1 Å². The van der Waals surface area contributed by atoms with Gasteiger partial charge in [-0.2, -0.15) is 0 Å². The first-order valence-corrected chi connectivity index (χ1v) is 12.7. The van der Waals surface area contributed by atoms with Crippen LogP contribution in [0.25, 0.3) is 28.2 Å².